The number of ether oxygens (including phenoxy) is 1. The molecular formula is C26H25NO3. The van der Waals surface area contributed by atoms with E-state index < -0.39 is 23.9 Å². The Bertz CT molecular complexity index is 961. The highest BCUT2D eigenvalue weighted by Crippen LogP contribution is 2.39. The predicted molar refractivity (Wildman–Crippen MR) is 115 cm³/mol. The first kappa shape index (κ1) is 20.0. The lowest BCUT2D eigenvalue weighted by atomic mass is 9.71. The maximum atomic E-state index is 13.3. The van der Waals surface area contributed by atoms with Gasteiger partial charge in [0.15, 0.2) is 6.10 Å². The molecule has 1 aliphatic heterocycles. The lowest BCUT2D eigenvalue weighted by Gasteiger charge is -2.41. The molecule has 0 spiro atoms. The topological polar surface area (TPSA) is 46.6 Å². The number of piperidine rings is 1. The maximum Gasteiger partial charge on any atom is 0.311 e. The van der Waals surface area contributed by atoms with Crippen molar-refractivity contribution in [1.29, 1.82) is 0 Å². The molecule has 4 heteroatoms. The Hall–Kier alpha value is -3.32. The van der Waals surface area contributed by atoms with Crippen molar-refractivity contribution in [3.8, 4) is 12.3 Å². The largest absolute Gasteiger partial charge is 0.444 e. The minimum Gasteiger partial charge on any atom is -0.444 e. The Morgan fingerprint density at radius 3 is 2.53 bits per heavy atom. The number of benzene rings is 2. The summed E-state index contributed by atoms with van der Waals surface area (Å²) < 4.78 is 5.70. The molecule has 0 saturated carbocycles. The molecule has 1 fully saturated rings. The van der Waals surface area contributed by atoms with Gasteiger partial charge < -0.3 is 9.64 Å². The molecule has 2 aliphatic rings. The first-order valence-corrected chi connectivity index (χ1v) is 10.4. The average Bonchev–Trinajstić information content (AvgIpc) is 2.80. The summed E-state index contributed by atoms with van der Waals surface area (Å²) in [6, 6.07) is 19.2. The third-order valence-corrected chi connectivity index (χ3v) is 6.00. The Morgan fingerprint density at radius 1 is 1.13 bits per heavy atom. The van der Waals surface area contributed by atoms with E-state index in [0.717, 1.165) is 17.5 Å². The van der Waals surface area contributed by atoms with Crippen molar-refractivity contribution >= 4 is 11.9 Å². The van der Waals surface area contributed by atoms with Crippen LogP contribution in [0.5, 0.6) is 0 Å². The van der Waals surface area contributed by atoms with E-state index in [0.29, 0.717) is 19.5 Å². The highest BCUT2D eigenvalue weighted by atomic mass is 16.5. The molecule has 4 nitrogen and oxygen atoms in total. The van der Waals surface area contributed by atoms with E-state index in [2.05, 4.69) is 12.0 Å². The van der Waals surface area contributed by atoms with Gasteiger partial charge in [-0.15, -0.1) is 6.42 Å². The SMILES string of the molecule is C#C[C@@H](OC(=O)[C@H]1CC=C[C@H]2CCN(Cc3ccccc3)C(=O)[C@@H]12)c1ccccc1. The molecule has 1 saturated heterocycles. The summed E-state index contributed by atoms with van der Waals surface area (Å²) >= 11 is 0. The smallest absolute Gasteiger partial charge is 0.311 e. The van der Waals surface area contributed by atoms with E-state index >= 15 is 0 Å². The van der Waals surface area contributed by atoms with Crippen LogP contribution in [0.25, 0.3) is 0 Å². The van der Waals surface area contributed by atoms with E-state index in [1.807, 2.05) is 71.6 Å². The molecule has 0 unspecified atom stereocenters. The summed E-state index contributed by atoms with van der Waals surface area (Å²) in [6.07, 6.45) is 10.3. The Kier molecular flexibility index (Phi) is 5.99. The number of likely N-dealkylation sites (tertiary alicyclic amines) is 1. The second-order valence-corrected chi connectivity index (χ2v) is 7.89. The van der Waals surface area contributed by atoms with Crippen LogP contribution in [-0.4, -0.2) is 23.3 Å². The third-order valence-electron chi connectivity index (χ3n) is 6.00. The number of hydrogen-bond donors (Lipinski definition) is 0. The van der Waals surface area contributed by atoms with Gasteiger partial charge in [0.25, 0.3) is 0 Å². The van der Waals surface area contributed by atoms with E-state index in [4.69, 9.17) is 11.2 Å². The Labute approximate surface area is 177 Å². The van der Waals surface area contributed by atoms with Crippen molar-refractivity contribution in [2.24, 2.45) is 17.8 Å². The van der Waals surface area contributed by atoms with Gasteiger partial charge in [-0.25, -0.2) is 0 Å². The Balaban J connectivity index is 1.50. The van der Waals surface area contributed by atoms with Crippen molar-refractivity contribution in [3.05, 3.63) is 83.9 Å². The molecule has 1 heterocycles. The maximum absolute atomic E-state index is 13.3. The molecule has 4 rings (SSSR count). The number of hydrogen-bond acceptors (Lipinski definition) is 3. The van der Waals surface area contributed by atoms with Crippen LogP contribution < -0.4 is 0 Å². The van der Waals surface area contributed by atoms with Crippen LogP contribution in [-0.2, 0) is 20.9 Å². The number of terminal acetylenes is 1. The molecule has 30 heavy (non-hydrogen) atoms. The van der Waals surface area contributed by atoms with Crippen LogP contribution in [0.2, 0.25) is 0 Å². The number of esters is 1. The molecule has 1 amide bonds. The average molecular weight is 399 g/mol. The third kappa shape index (κ3) is 4.16. The lowest BCUT2D eigenvalue weighted by molar-refractivity contribution is -0.161. The molecule has 152 valence electrons. The van der Waals surface area contributed by atoms with Crippen molar-refractivity contribution in [2.75, 3.05) is 6.54 Å². The summed E-state index contributed by atoms with van der Waals surface area (Å²) in [5, 5.41) is 0. The zero-order valence-corrected chi connectivity index (χ0v) is 16.8. The van der Waals surface area contributed by atoms with Crippen LogP contribution in [0.15, 0.2) is 72.8 Å². The van der Waals surface area contributed by atoms with Crippen LogP contribution in [0, 0.1) is 30.1 Å². The van der Waals surface area contributed by atoms with E-state index in [1.165, 1.54) is 0 Å². The van der Waals surface area contributed by atoms with Gasteiger partial charge >= 0.3 is 5.97 Å². The molecule has 4 atom stereocenters. The summed E-state index contributed by atoms with van der Waals surface area (Å²) in [6.45, 7) is 1.25. The van der Waals surface area contributed by atoms with E-state index in [1.54, 1.807) is 0 Å². The number of carbonyl (C=O) groups is 2. The fourth-order valence-electron chi connectivity index (χ4n) is 4.45. The number of carbonyl (C=O) groups excluding carboxylic acids is 2. The predicted octanol–water partition coefficient (Wildman–Crippen LogP) is 4.15. The standard InChI is InChI=1S/C26H25NO3/c1-2-23(20-12-7-4-8-13-20)30-26(29)22-15-9-14-21-16-17-27(25(28)24(21)22)18-19-10-5-3-6-11-19/h1,3-14,21-24H,15-18H2/t21-,22-,23+,24+/m0/s1. The van der Waals surface area contributed by atoms with Crippen molar-refractivity contribution < 1.29 is 14.3 Å². The van der Waals surface area contributed by atoms with Crippen LogP contribution in [0.1, 0.15) is 30.1 Å². The van der Waals surface area contributed by atoms with Gasteiger partial charge in [-0.2, -0.15) is 0 Å². The first-order chi connectivity index (χ1) is 14.7. The highest BCUT2D eigenvalue weighted by molar-refractivity contribution is 5.87. The monoisotopic (exact) mass is 399 g/mol. The van der Waals surface area contributed by atoms with Gasteiger partial charge in [0.2, 0.25) is 5.91 Å². The second kappa shape index (κ2) is 9.00. The first-order valence-electron chi connectivity index (χ1n) is 10.4. The van der Waals surface area contributed by atoms with Crippen LogP contribution in [0.4, 0.5) is 0 Å². The quantitative estimate of drug-likeness (QED) is 0.431. The summed E-state index contributed by atoms with van der Waals surface area (Å²) in [5.74, 6) is 1.35. The number of allylic oxidation sites excluding steroid dienone is 2. The zero-order valence-electron chi connectivity index (χ0n) is 16.8. The van der Waals surface area contributed by atoms with Gasteiger partial charge in [-0.05, 0) is 24.3 Å². The molecule has 0 bridgehead atoms. The minimum absolute atomic E-state index is 0.0263. The molecular weight excluding hydrogens is 374 g/mol. The molecule has 0 aromatic heterocycles. The zero-order chi connectivity index (χ0) is 20.9. The van der Waals surface area contributed by atoms with Crippen molar-refractivity contribution in [3.63, 3.8) is 0 Å². The van der Waals surface area contributed by atoms with Crippen LogP contribution in [0.3, 0.4) is 0 Å². The fourth-order valence-corrected chi connectivity index (χ4v) is 4.45. The van der Waals surface area contributed by atoms with Gasteiger partial charge in [-0.1, -0.05) is 78.7 Å². The summed E-state index contributed by atoms with van der Waals surface area (Å²) in [4.78, 5) is 28.3. The second-order valence-electron chi connectivity index (χ2n) is 7.89. The minimum atomic E-state index is -0.748. The van der Waals surface area contributed by atoms with Gasteiger partial charge in [0.05, 0.1) is 11.8 Å². The van der Waals surface area contributed by atoms with Gasteiger partial charge in [-0.3, -0.25) is 9.59 Å². The van der Waals surface area contributed by atoms with Crippen LogP contribution >= 0.6 is 0 Å². The van der Waals surface area contributed by atoms with Crippen molar-refractivity contribution in [2.45, 2.75) is 25.5 Å². The summed E-state index contributed by atoms with van der Waals surface area (Å²) in [5.41, 5.74) is 1.85. The normalized spacial score (nSPS) is 23.9. The summed E-state index contributed by atoms with van der Waals surface area (Å²) in [7, 11) is 0. The number of amides is 1. The highest BCUT2D eigenvalue weighted by Gasteiger charge is 2.45. The lowest BCUT2D eigenvalue weighted by Crippen LogP contribution is -2.50. The fraction of sp³-hybridized carbons (Fsp3) is 0.308. The van der Waals surface area contributed by atoms with Gasteiger partial charge in [0.1, 0.15) is 0 Å². The Morgan fingerprint density at radius 2 is 1.83 bits per heavy atom. The van der Waals surface area contributed by atoms with E-state index in [-0.39, 0.29) is 11.8 Å². The molecule has 1 aliphatic carbocycles. The molecule has 2 aromatic rings. The van der Waals surface area contributed by atoms with Gasteiger partial charge in [0, 0.05) is 18.7 Å². The van der Waals surface area contributed by atoms with E-state index in [9.17, 15) is 9.59 Å². The molecule has 0 radical (unpaired) electrons. The number of rotatable bonds is 5. The molecule has 0 N–H and O–H groups in total. The van der Waals surface area contributed by atoms with Crippen molar-refractivity contribution in [1.82, 2.24) is 4.90 Å². The number of nitrogens with zero attached hydrogens (tertiary/aromatic N) is 1. The number of fused-ring (bicyclic) bond motifs is 1. The molecule has 2 aromatic carbocycles.